The summed E-state index contributed by atoms with van der Waals surface area (Å²) in [7, 11) is 0. The molecule has 1 aromatic heterocycles. The lowest BCUT2D eigenvalue weighted by molar-refractivity contribution is 0.0698. The number of hydrogen-bond donors (Lipinski definition) is 3. The van der Waals surface area contributed by atoms with Crippen LogP contribution in [0.4, 0.5) is 17.2 Å². The predicted molar refractivity (Wildman–Crippen MR) is 80.4 cm³/mol. The number of nitrogens with one attached hydrogen (secondary N) is 1. The normalized spacial score (nSPS) is 10.3. The third-order valence-corrected chi connectivity index (χ3v) is 3.52. The molecule has 2 rings (SSSR count). The molecular formula is C12H8Cl3N3O2. The fraction of sp³-hybridized carbons (Fsp3) is 0. The van der Waals surface area contributed by atoms with Crippen LogP contribution in [0.25, 0.3) is 0 Å². The van der Waals surface area contributed by atoms with Crippen molar-refractivity contribution in [2.75, 3.05) is 11.1 Å². The van der Waals surface area contributed by atoms with E-state index in [2.05, 4.69) is 10.3 Å². The van der Waals surface area contributed by atoms with E-state index in [0.717, 1.165) is 0 Å². The van der Waals surface area contributed by atoms with Gasteiger partial charge in [-0.05, 0) is 18.2 Å². The Labute approximate surface area is 129 Å². The van der Waals surface area contributed by atoms with E-state index in [1.807, 2.05) is 0 Å². The molecule has 0 atom stereocenters. The second-order valence-corrected chi connectivity index (χ2v) is 5.02. The van der Waals surface area contributed by atoms with Crippen molar-refractivity contribution >= 4 is 58.0 Å². The highest BCUT2D eigenvalue weighted by molar-refractivity contribution is 6.44. The minimum absolute atomic E-state index is 0.00198. The van der Waals surface area contributed by atoms with Crippen molar-refractivity contribution in [1.82, 2.24) is 4.98 Å². The molecule has 0 bridgehead atoms. The highest BCUT2D eigenvalue weighted by Crippen LogP contribution is 2.34. The third-order valence-electron chi connectivity index (χ3n) is 2.48. The summed E-state index contributed by atoms with van der Waals surface area (Å²) in [6.45, 7) is 0. The summed E-state index contributed by atoms with van der Waals surface area (Å²) in [5, 5.41) is 12.7. The zero-order valence-corrected chi connectivity index (χ0v) is 12.1. The average molecular weight is 333 g/mol. The van der Waals surface area contributed by atoms with Gasteiger partial charge in [0.25, 0.3) is 0 Å². The molecule has 0 fully saturated rings. The highest BCUT2D eigenvalue weighted by atomic mass is 35.5. The number of aromatic carboxylic acids is 1. The molecule has 0 aliphatic rings. The number of nitrogens with two attached hydrogens (primary N) is 1. The minimum Gasteiger partial charge on any atom is -0.478 e. The van der Waals surface area contributed by atoms with Gasteiger partial charge in [-0.15, -0.1) is 0 Å². The van der Waals surface area contributed by atoms with E-state index in [-0.39, 0.29) is 17.1 Å². The molecule has 0 aliphatic carbocycles. The topological polar surface area (TPSA) is 88.2 Å². The van der Waals surface area contributed by atoms with Crippen LogP contribution < -0.4 is 11.1 Å². The van der Waals surface area contributed by atoms with Gasteiger partial charge in [-0.1, -0.05) is 34.8 Å². The van der Waals surface area contributed by atoms with Gasteiger partial charge in [-0.2, -0.15) is 0 Å². The van der Waals surface area contributed by atoms with Crippen LogP contribution in [-0.4, -0.2) is 16.1 Å². The molecule has 2 aromatic rings. The zero-order valence-electron chi connectivity index (χ0n) is 9.82. The largest absolute Gasteiger partial charge is 0.478 e. The van der Waals surface area contributed by atoms with Crippen LogP contribution in [0.5, 0.6) is 0 Å². The average Bonchev–Trinajstić information content (AvgIpc) is 2.37. The molecule has 8 heteroatoms. The van der Waals surface area contributed by atoms with E-state index in [1.54, 1.807) is 0 Å². The number of aromatic nitrogens is 1. The zero-order chi connectivity index (χ0) is 14.9. The quantitative estimate of drug-likeness (QED) is 0.737. The number of nitrogens with zero attached hydrogens (tertiary/aromatic N) is 1. The highest BCUT2D eigenvalue weighted by Gasteiger charge is 2.14. The molecule has 0 spiro atoms. The van der Waals surface area contributed by atoms with Crippen molar-refractivity contribution in [3.8, 4) is 0 Å². The Morgan fingerprint density at radius 3 is 2.50 bits per heavy atom. The van der Waals surface area contributed by atoms with Gasteiger partial charge in [0.2, 0.25) is 0 Å². The second kappa shape index (κ2) is 5.75. The molecular weight excluding hydrogens is 325 g/mol. The van der Waals surface area contributed by atoms with Crippen molar-refractivity contribution in [2.45, 2.75) is 0 Å². The summed E-state index contributed by atoms with van der Waals surface area (Å²) in [6, 6.07) is 4.27. The molecule has 0 radical (unpaired) electrons. The van der Waals surface area contributed by atoms with Crippen molar-refractivity contribution < 1.29 is 9.90 Å². The van der Waals surface area contributed by atoms with Crippen LogP contribution in [0.1, 0.15) is 10.4 Å². The number of halogens is 3. The van der Waals surface area contributed by atoms with Crippen molar-refractivity contribution in [1.29, 1.82) is 0 Å². The minimum atomic E-state index is -1.15. The molecule has 0 aliphatic heterocycles. The summed E-state index contributed by atoms with van der Waals surface area (Å²) in [4.78, 5) is 15.0. The Kier molecular flexibility index (Phi) is 4.23. The number of anilines is 3. The number of hydrogen-bond acceptors (Lipinski definition) is 4. The molecule has 0 saturated carbocycles. The molecule has 5 nitrogen and oxygen atoms in total. The Hall–Kier alpha value is -1.69. The molecule has 0 unspecified atom stereocenters. The SMILES string of the molecule is Nc1c(C(=O)O)ccnc1Nc1cc(Cl)c(Cl)cc1Cl. The summed E-state index contributed by atoms with van der Waals surface area (Å²) in [5.41, 5.74) is 6.11. The van der Waals surface area contributed by atoms with Crippen LogP contribution in [0.3, 0.4) is 0 Å². The lowest BCUT2D eigenvalue weighted by Crippen LogP contribution is -2.07. The van der Waals surface area contributed by atoms with E-state index < -0.39 is 5.97 Å². The maximum Gasteiger partial charge on any atom is 0.337 e. The van der Waals surface area contributed by atoms with Crippen LogP contribution >= 0.6 is 34.8 Å². The fourth-order valence-corrected chi connectivity index (χ4v) is 2.10. The van der Waals surface area contributed by atoms with Crippen molar-refractivity contribution in [2.24, 2.45) is 0 Å². The van der Waals surface area contributed by atoms with E-state index in [1.165, 1.54) is 24.4 Å². The lowest BCUT2D eigenvalue weighted by atomic mass is 10.2. The van der Waals surface area contributed by atoms with Crippen molar-refractivity contribution in [3.05, 3.63) is 45.0 Å². The van der Waals surface area contributed by atoms with Crippen LogP contribution in [0, 0.1) is 0 Å². The molecule has 4 N–H and O–H groups in total. The molecule has 0 amide bonds. The number of pyridine rings is 1. The van der Waals surface area contributed by atoms with Crippen molar-refractivity contribution in [3.63, 3.8) is 0 Å². The molecule has 1 heterocycles. The van der Waals surface area contributed by atoms with Crippen LogP contribution in [-0.2, 0) is 0 Å². The monoisotopic (exact) mass is 331 g/mol. The Morgan fingerprint density at radius 2 is 1.85 bits per heavy atom. The van der Waals surface area contributed by atoms with E-state index >= 15 is 0 Å². The van der Waals surface area contributed by atoms with E-state index in [9.17, 15) is 4.79 Å². The second-order valence-electron chi connectivity index (χ2n) is 3.80. The van der Waals surface area contributed by atoms with Gasteiger partial charge in [0.1, 0.15) is 0 Å². The number of benzene rings is 1. The summed E-state index contributed by atoms with van der Waals surface area (Å²) < 4.78 is 0. The van der Waals surface area contributed by atoms with Gasteiger partial charge in [-0.25, -0.2) is 9.78 Å². The van der Waals surface area contributed by atoms with Gasteiger partial charge >= 0.3 is 5.97 Å². The van der Waals surface area contributed by atoms with Gasteiger partial charge in [0.15, 0.2) is 5.82 Å². The standard InChI is InChI=1S/C12H8Cl3N3O2/c13-6-3-8(15)9(4-7(6)14)18-11-10(16)5(12(19)20)1-2-17-11/h1-4H,16H2,(H,17,18)(H,19,20). The summed E-state index contributed by atoms with van der Waals surface area (Å²) in [5.74, 6) is -0.974. The maximum atomic E-state index is 11.0. The number of nitrogen functional groups attached to an aromatic ring is 1. The first kappa shape index (κ1) is 14.7. The first-order valence-corrected chi connectivity index (χ1v) is 6.43. The fourth-order valence-electron chi connectivity index (χ4n) is 1.51. The number of carboxylic acid groups (broad SMARTS) is 1. The number of carbonyl (C=O) groups is 1. The Bertz CT molecular complexity index is 692. The first-order valence-electron chi connectivity index (χ1n) is 5.29. The third kappa shape index (κ3) is 2.90. The summed E-state index contributed by atoms with van der Waals surface area (Å²) >= 11 is 17.7. The Balaban J connectivity index is 2.43. The molecule has 104 valence electrons. The number of rotatable bonds is 3. The molecule has 0 saturated heterocycles. The van der Waals surface area contributed by atoms with Gasteiger partial charge in [0, 0.05) is 6.20 Å². The van der Waals surface area contributed by atoms with E-state index in [4.69, 9.17) is 45.6 Å². The van der Waals surface area contributed by atoms with Gasteiger partial charge < -0.3 is 16.2 Å². The maximum absolute atomic E-state index is 11.0. The smallest absolute Gasteiger partial charge is 0.337 e. The van der Waals surface area contributed by atoms with Gasteiger partial charge in [-0.3, -0.25) is 0 Å². The van der Waals surface area contributed by atoms with Gasteiger partial charge in [0.05, 0.1) is 32.0 Å². The van der Waals surface area contributed by atoms with Crippen LogP contribution in [0.15, 0.2) is 24.4 Å². The predicted octanol–water partition coefficient (Wildman–Crippen LogP) is 4.07. The lowest BCUT2D eigenvalue weighted by Gasteiger charge is -2.12. The summed E-state index contributed by atoms with van der Waals surface area (Å²) in [6.07, 6.45) is 1.33. The Morgan fingerprint density at radius 1 is 1.20 bits per heavy atom. The van der Waals surface area contributed by atoms with E-state index in [0.29, 0.717) is 20.8 Å². The first-order chi connectivity index (χ1) is 9.40. The molecule has 1 aromatic carbocycles. The van der Waals surface area contributed by atoms with Crippen LogP contribution in [0.2, 0.25) is 15.1 Å². The number of carboxylic acids is 1. The molecule has 20 heavy (non-hydrogen) atoms.